The predicted octanol–water partition coefficient (Wildman–Crippen LogP) is 0.119. The topological polar surface area (TPSA) is 52.6 Å². The number of urea groups is 1. The Hall–Kier alpha value is -0.840. The first-order valence-corrected chi connectivity index (χ1v) is 4.38. The van der Waals surface area contributed by atoms with Gasteiger partial charge in [-0.2, -0.15) is 0 Å². The summed E-state index contributed by atoms with van der Waals surface area (Å²) in [5.41, 5.74) is 0. The van der Waals surface area contributed by atoms with Crippen LogP contribution in [0.15, 0.2) is 0 Å². The molecule has 2 amide bonds. The highest BCUT2D eigenvalue weighted by Crippen LogP contribution is 2.13. The zero-order chi connectivity index (χ0) is 10.0. The van der Waals surface area contributed by atoms with Crippen molar-refractivity contribution in [1.29, 1.82) is 0 Å². The van der Waals surface area contributed by atoms with Gasteiger partial charge in [-0.25, -0.2) is 9.18 Å². The van der Waals surface area contributed by atoms with E-state index in [1.807, 2.05) is 13.8 Å². The van der Waals surface area contributed by atoms with Gasteiger partial charge in [0.1, 0.15) is 12.3 Å². The molecule has 1 aliphatic rings. The lowest BCUT2D eigenvalue weighted by atomic mass is 10.3. The Morgan fingerprint density at radius 3 is 2.62 bits per heavy atom. The molecule has 0 aromatic rings. The van der Waals surface area contributed by atoms with E-state index in [2.05, 4.69) is 5.32 Å². The number of nitrogens with zero attached hydrogens (tertiary/aromatic N) is 1. The molecule has 4 nitrogen and oxygen atoms in total. The van der Waals surface area contributed by atoms with Crippen LogP contribution in [0.1, 0.15) is 13.8 Å². The van der Waals surface area contributed by atoms with Crippen molar-refractivity contribution in [3.63, 3.8) is 0 Å². The van der Waals surface area contributed by atoms with Gasteiger partial charge in [0.05, 0.1) is 13.1 Å². The quantitative estimate of drug-likeness (QED) is 0.617. The number of hydrogen-bond acceptors (Lipinski definition) is 2. The summed E-state index contributed by atoms with van der Waals surface area (Å²) >= 11 is 0. The van der Waals surface area contributed by atoms with Crippen LogP contribution in [0.5, 0.6) is 0 Å². The SMILES string of the molecule is CC(C)NC(=O)N1C[C@H](O)[C@@H](F)C1. The standard InChI is InChI=1S/C8H15FN2O2/c1-5(2)10-8(13)11-3-6(9)7(12)4-11/h5-7,12H,3-4H2,1-2H3,(H,10,13)/t6-,7-/m0/s1. The fourth-order valence-corrected chi connectivity index (χ4v) is 1.25. The van der Waals surface area contributed by atoms with Crippen LogP contribution in [0, 0.1) is 0 Å². The van der Waals surface area contributed by atoms with E-state index in [0.29, 0.717) is 0 Å². The average Bonchev–Trinajstić information content (AvgIpc) is 2.31. The largest absolute Gasteiger partial charge is 0.388 e. The molecular weight excluding hydrogens is 175 g/mol. The summed E-state index contributed by atoms with van der Waals surface area (Å²) in [6, 6.07) is -0.280. The number of hydrogen-bond donors (Lipinski definition) is 2. The number of halogens is 1. The van der Waals surface area contributed by atoms with Crippen molar-refractivity contribution in [3.8, 4) is 0 Å². The maximum absolute atomic E-state index is 12.8. The smallest absolute Gasteiger partial charge is 0.317 e. The first kappa shape index (κ1) is 10.2. The second kappa shape index (κ2) is 3.91. The summed E-state index contributed by atoms with van der Waals surface area (Å²) in [6.07, 6.45) is -2.34. The first-order valence-electron chi connectivity index (χ1n) is 4.38. The molecule has 13 heavy (non-hydrogen) atoms. The van der Waals surface area contributed by atoms with Crippen molar-refractivity contribution >= 4 is 6.03 Å². The van der Waals surface area contributed by atoms with Crippen molar-refractivity contribution in [1.82, 2.24) is 10.2 Å². The van der Waals surface area contributed by atoms with E-state index in [9.17, 15) is 9.18 Å². The highest BCUT2D eigenvalue weighted by atomic mass is 19.1. The average molecular weight is 190 g/mol. The zero-order valence-corrected chi connectivity index (χ0v) is 7.83. The minimum Gasteiger partial charge on any atom is -0.388 e. The van der Waals surface area contributed by atoms with Gasteiger partial charge in [0.15, 0.2) is 0 Å². The maximum atomic E-state index is 12.8. The van der Waals surface area contributed by atoms with Gasteiger partial charge in [0, 0.05) is 6.04 Å². The zero-order valence-electron chi connectivity index (χ0n) is 7.83. The molecule has 0 aliphatic carbocycles. The molecule has 0 bridgehead atoms. The van der Waals surface area contributed by atoms with E-state index >= 15 is 0 Å². The van der Waals surface area contributed by atoms with Crippen LogP contribution in [0.25, 0.3) is 0 Å². The Bertz CT molecular complexity index is 189. The number of aliphatic hydroxyl groups is 1. The van der Waals surface area contributed by atoms with Crippen LogP contribution in [-0.4, -0.2) is 47.4 Å². The third kappa shape index (κ3) is 2.55. The van der Waals surface area contributed by atoms with Gasteiger partial charge in [-0.05, 0) is 13.8 Å². The molecule has 1 fully saturated rings. The number of carbonyl (C=O) groups excluding carboxylic acids is 1. The van der Waals surface area contributed by atoms with Crippen molar-refractivity contribution in [2.45, 2.75) is 32.2 Å². The Balaban J connectivity index is 2.42. The lowest BCUT2D eigenvalue weighted by molar-refractivity contribution is 0.116. The third-order valence-electron chi connectivity index (χ3n) is 1.92. The number of β-amino-alcohol motifs (C(OH)–C–C–N with tert-alkyl or cyclic N) is 1. The van der Waals surface area contributed by atoms with Gasteiger partial charge < -0.3 is 15.3 Å². The molecule has 0 aromatic heterocycles. The fourth-order valence-electron chi connectivity index (χ4n) is 1.25. The first-order chi connectivity index (χ1) is 6.00. The van der Waals surface area contributed by atoms with E-state index in [1.54, 1.807) is 0 Å². The van der Waals surface area contributed by atoms with Crippen molar-refractivity contribution < 1.29 is 14.3 Å². The fraction of sp³-hybridized carbons (Fsp3) is 0.875. The number of rotatable bonds is 1. The lowest BCUT2D eigenvalue weighted by Crippen LogP contribution is -2.42. The summed E-state index contributed by atoms with van der Waals surface area (Å²) in [4.78, 5) is 12.6. The van der Waals surface area contributed by atoms with E-state index in [4.69, 9.17) is 5.11 Å². The Morgan fingerprint density at radius 2 is 2.23 bits per heavy atom. The minimum absolute atomic E-state index is 0.0142. The van der Waals surface area contributed by atoms with Crippen LogP contribution in [0.2, 0.25) is 0 Å². The molecule has 1 heterocycles. The van der Waals surface area contributed by atoms with Gasteiger partial charge in [0.25, 0.3) is 0 Å². The highest BCUT2D eigenvalue weighted by Gasteiger charge is 2.33. The molecule has 76 valence electrons. The van der Waals surface area contributed by atoms with Gasteiger partial charge >= 0.3 is 6.03 Å². The second-order valence-electron chi connectivity index (χ2n) is 3.59. The Labute approximate surface area is 76.7 Å². The number of aliphatic hydroxyl groups excluding tert-OH is 1. The molecule has 0 saturated carbocycles. The van der Waals surface area contributed by atoms with Crippen LogP contribution in [0.4, 0.5) is 9.18 Å². The summed E-state index contributed by atoms with van der Waals surface area (Å²) in [5.74, 6) is 0. The molecule has 5 heteroatoms. The molecule has 1 rings (SSSR count). The number of amides is 2. The molecular formula is C8H15FN2O2. The van der Waals surface area contributed by atoms with Crippen LogP contribution < -0.4 is 5.32 Å². The summed E-state index contributed by atoms with van der Waals surface area (Å²) < 4.78 is 12.8. The number of likely N-dealkylation sites (tertiary alicyclic amines) is 1. The van der Waals surface area contributed by atoms with Crippen molar-refractivity contribution in [3.05, 3.63) is 0 Å². The van der Waals surface area contributed by atoms with Crippen LogP contribution >= 0.6 is 0 Å². The van der Waals surface area contributed by atoms with Crippen LogP contribution in [0.3, 0.4) is 0 Å². The summed E-state index contributed by atoms with van der Waals surface area (Å²) in [5, 5.41) is 11.7. The highest BCUT2D eigenvalue weighted by molar-refractivity contribution is 5.74. The van der Waals surface area contributed by atoms with E-state index in [1.165, 1.54) is 4.90 Å². The number of nitrogens with one attached hydrogen (secondary N) is 1. The number of carbonyl (C=O) groups is 1. The van der Waals surface area contributed by atoms with Gasteiger partial charge in [-0.15, -0.1) is 0 Å². The molecule has 0 radical (unpaired) electrons. The molecule has 2 atom stereocenters. The molecule has 1 saturated heterocycles. The van der Waals surface area contributed by atoms with Gasteiger partial charge in [-0.3, -0.25) is 0 Å². The monoisotopic (exact) mass is 190 g/mol. The van der Waals surface area contributed by atoms with E-state index < -0.39 is 12.3 Å². The van der Waals surface area contributed by atoms with Crippen molar-refractivity contribution in [2.24, 2.45) is 0 Å². The third-order valence-corrected chi connectivity index (χ3v) is 1.92. The normalized spacial score (nSPS) is 28.2. The van der Waals surface area contributed by atoms with E-state index in [-0.39, 0.29) is 25.2 Å². The molecule has 1 aliphatic heterocycles. The second-order valence-corrected chi connectivity index (χ2v) is 3.59. The summed E-state index contributed by atoms with van der Waals surface area (Å²) in [6.45, 7) is 3.73. The molecule has 0 spiro atoms. The van der Waals surface area contributed by atoms with E-state index in [0.717, 1.165) is 0 Å². The number of alkyl halides is 1. The molecule has 0 unspecified atom stereocenters. The minimum atomic E-state index is -1.31. The van der Waals surface area contributed by atoms with Crippen LogP contribution in [-0.2, 0) is 0 Å². The Kier molecular flexibility index (Phi) is 3.08. The Morgan fingerprint density at radius 1 is 1.62 bits per heavy atom. The van der Waals surface area contributed by atoms with Gasteiger partial charge in [-0.1, -0.05) is 0 Å². The maximum Gasteiger partial charge on any atom is 0.317 e. The molecule has 0 aromatic carbocycles. The lowest BCUT2D eigenvalue weighted by Gasteiger charge is -2.17. The molecule has 2 N–H and O–H groups in total. The van der Waals surface area contributed by atoms with Crippen molar-refractivity contribution in [2.75, 3.05) is 13.1 Å². The summed E-state index contributed by atoms with van der Waals surface area (Å²) in [7, 11) is 0. The van der Waals surface area contributed by atoms with Gasteiger partial charge in [0.2, 0.25) is 0 Å². The predicted molar refractivity (Wildman–Crippen MR) is 46.1 cm³/mol.